The lowest BCUT2D eigenvalue weighted by molar-refractivity contribution is -0.122. The van der Waals surface area contributed by atoms with E-state index < -0.39 is 0 Å². The largest absolute Gasteiger partial charge is 0.454 e. The van der Waals surface area contributed by atoms with Crippen molar-refractivity contribution in [2.75, 3.05) is 18.7 Å². The van der Waals surface area contributed by atoms with Crippen LogP contribution in [0.2, 0.25) is 0 Å². The van der Waals surface area contributed by atoms with Crippen molar-refractivity contribution in [3.8, 4) is 11.5 Å². The first-order chi connectivity index (χ1) is 14.0. The summed E-state index contributed by atoms with van der Waals surface area (Å²) in [4.78, 5) is 26.9. The van der Waals surface area contributed by atoms with Crippen LogP contribution in [0.4, 0.5) is 5.69 Å². The average Bonchev–Trinajstić information content (AvgIpc) is 3.24. The molecule has 2 aliphatic rings. The lowest BCUT2D eigenvalue weighted by Crippen LogP contribution is -2.31. The highest BCUT2D eigenvalue weighted by atomic mass is 79.9. The van der Waals surface area contributed by atoms with E-state index in [4.69, 9.17) is 21.7 Å². The Morgan fingerprint density at radius 2 is 2.07 bits per heavy atom. The van der Waals surface area contributed by atoms with Crippen LogP contribution in [0, 0.1) is 0 Å². The summed E-state index contributed by atoms with van der Waals surface area (Å²) in [5, 5.41) is 2.81. The van der Waals surface area contributed by atoms with Gasteiger partial charge in [-0.25, -0.2) is 0 Å². The zero-order valence-corrected chi connectivity index (χ0v) is 18.2. The van der Waals surface area contributed by atoms with Crippen molar-refractivity contribution in [2.24, 2.45) is 0 Å². The molecule has 1 N–H and O–H groups in total. The first-order valence-electron chi connectivity index (χ1n) is 8.70. The van der Waals surface area contributed by atoms with Gasteiger partial charge < -0.3 is 14.8 Å². The second kappa shape index (κ2) is 8.56. The SMILES string of the molecule is O=C(CCN1C(=O)C(=Cc2ccc3c(c2)OCO3)SC1=S)Nc1cccc(Br)c1. The predicted octanol–water partition coefficient (Wildman–Crippen LogP) is 4.41. The Bertz CT molecular complexity index is 1040. The Balaban J connectivity index is 1.38. The number of hydrogen-bond donors (Lipinski definition) is 1. The van der Waals surface area contributed by atoms with Gasteiger partial charge in [-0.2, -0.15) is 0 Å². The summed E-state index contributed by atoms with van der Waals surface area (Å²) in [7, 11) is 0. The fourth-order valence-electron chi connectivity index (χ4n) is 2.85. The number of thiocarbonyl (C=S) groups is 1. The zero-order chi connectivity index (χ0) is 20.4. The molecule has 2 heterocycles. The van der Waals surface area contributed by atoms with Crippen LogP contribution in [0.5, 0.6) is 11.5 Å². The third-order valence-electron chi connectivity index (χ3n) is 4.24. The summed E-state index contributed by atoms with van der Waals surface area (Å²) < 4.78 is 12.0. The molecular weight excluding hydrogens is 476 g/mol. The van der Waals surface area contributed by atoms with Crippen LogP contribution in [-0.4, -0.2) is 34.4 Å². The van der Waals surface area contributed by atoms with E-state index in [1.165, 1.54) is 16.7 Å². The minimum Gasteiger partial charge on any atom is -0.454 e. The maximum absolute atomic E-state index is 12.7. The molecule has 0 unspecified atom stereocenters. The minimum absolute atomic E-state index is 0.149. The molecule has 0 radical (unpaired) electrons. The lowest BCUT2D eigenvalue weighted by Gasteiger charge is -2.14. The molecule has 1 fully saturated rings. The Morgan fingerprint density at radius 3 is 2.90 bits per heavy atom. The van der Waals surface area contributed by atoms with Crippen molar-refractivity contribution in [1.82, 2.24) is 4.90 Å². The summed E-state index contributed by atoms with van der Waals surface area (Å²) in [5.74, 6) is 0.953. The quantitative estimate of drug-likeness (QED) is 0.494. The van der Waals surface area contributed by atoms with Gasteiger partial charge in [-0.05, 0) is 42.0 Å². The van der Waals surface area contributed by atoms with E-state index in [0.29, 0.717) is 26.4 Å². The maximum Gasteiger partial charge on any atom is 0.266 e. The molecule has 2 aromatic carbocycles. The van der Waals surface area contributed by atoms with Gasteiger partial charge in [0.15, 0.2) is 11.5 Å². The number of rotatable bonds is 5. The van der Waals surface area contributed by atoms with Gasteiger partial charge in [0.05, 0.1) is 4.91 Å². The number of anilines is 1. The Labute approximate surface area is 185 Å². The highest BCUT2D eigenvalue weighted by Gasteiger charge is 2.32. The van der Waals surface area contributed by atoms with Crippen LogP contribution in [0.3, 0.4) is 0 Å². The number of hydrogen-bond acceptors (Lipinski definition) is 6. The molecule has 0 saturated carbocycles. The molecule has 0 atom stereocenters. The number of thioether (sulfide) groups is 1. The van der Waals surface area contributed by atoms with Gasteiger partial charge in [0, 0.05) is 23.1 Å². The number of halogens is 1. The highest BCUT2D eigenvalue weighted by molar-refractivity contribution is 9.10. The Hall–Kier alpha value is -2.36. The van der Waals surface area contributed by atoms with E-state index in [9.17, 15) is 9.59 Å². The molecule has 0 spiro atoms. The lowest BCUT2D eigenvalue weighted by atomic mass is 10.2. The number of nitrogens with one attached hydrogen (secondary N) is 1. The maximum atomic E-state index is 12.7. The molecule has 29 heavy (non-hydrogen) atoms. The van der Waals surface area contributed by atoms with Crippen molar-refractivity contribution in [2.45, 2.75) is 6.42 Å². The van der Waals surface area contributed by atoms with Gasteiger partial charge in [-0.1, -0.05) is 52.0 Å². The summed E-state index contributed by atoms with van der Waals surface area (Å²) in [6, 6.07) is 12.8. The topological polar surface area (TPSA) is 67.9 Å². The molecule has 148 valence electrons. The number of ether oxygens (including phenoxy) is 2. The van der Waals surface area contributed by atoms with Gasteiger partial charge in [-0.3, -0.25) is 14.5 Å². The molecule has 2 amide bonds. The Kier molecular flexibility index (Phi) is 5.89. The van der Waals surface area contributed by atoms with Gasteiger partial charge in [0.25, 0.3) is 5.91 Å². The molecule has 0 bridgehead atoms. The molecule has 9 heteroatoms. The van der Waals surface area contributed by atoms with Crippen LogP contribution >= 0.6 is 39.9 Å². The number of fused-ring (bicyclic) bond motifs is 1. The van der Waals surface area contributed by atoms with Crippen LogP contribution in [-0.2, 0) is 9.59 Å². The summed E-state index contributed by atoms with van der Waals surface area (Å²) in [6.07, 6.45) is 1.92. The third kappa shape index (κ3) is 4.63. The number of carbonyl (C=O) groups is 2. The van der Waals surface area contributed by atoms with Crippen LogP contribution in [0.15, 0.2) is 51.8 Å². The molecule has 6 nitrogen and oxygen atoms in total. The third-order valence-corrected chi connectivity index (χ3v) is 6.11. The summed E-state index contributed by atoms with van der Waals surface area (Å²) in [5.41, 5.74) is 1.51. The number of amides is 2. The van der Waals surface area contributed by atoms with Crippen molar-refractivity contribution in [1.29, 1.82) is 0 Å². The first-order valence-corrected chi connectivity index (χ1v) is 10.7. The van der Waals surface area contributed by atoms with Gasteiger partial charge in [0.1, 0.15) is 4.32 Å². The monoisotopic (exact) mass is 490 g/mol. The highest BCUT2D eigenvalue weighted by Crippen LogP contribution is 2.36. The number of carbonyl (C=O) groups excluding carboxylic acids is 2. The van der Waals surface area contributed by atoms with Crippen LogP contribution < -0.4 is 14.8 Å². The molecule has 1 saturated heterocycles. The van der Waals surface area contributed by atoms with E-state index in [-0.39, 0.29) is 31.6 Å². The summed E-state index contributed by atoms with van der Waals surface area (Å²) in [6.45, 7) is 0.423. The van der Waals surface area contributed by atoms with E-state index in [2.05, 4.69) is 21.2 Å². The van der Waals surface area contributed by atoms with Gasteiger partial charge in [0.2, 0.25) is 12.7 Å². The van der Waals surface area contributed by atoms with E-state index in [1.807, 2.05) is 30.3 Å². The van der Waals surface area contributed by atoms with Crippen LogP contribution in [0.25, 0.3) is 6.08 Å². The number of benzene rings is 2. The Morgan fingerprint density at radius 1 is 1.24 bits per heavy atom. The minimum atomic E-state index is -0.201. The number of nitrogens with zero attached hydrogens (tertiary/aromatic N) is 1. The zero-order valence-electron chi connectivity index (χ0n) is 15.0. The predicted molar refractivity (Wildman–Crippen MR) is 120 cm³/mol. The second-order valence-electron chi connectivity index (χ2n) is 6.25. The van der Waals surface area contributed by atoms with Crippen molar-refractivity contribution in [3.05, 3.63) is 57.4 Å². The summed E-state index contributed by atoms with van der Waals surface area (Å²) >= 11 is 9.93. The molecule has 2 aromatic rings. The smallest absolute Gasteiger partial charge is 0.266 e. The van der Waals surface area contributed by atoms with Crippen molar-refractivity contribution < 1.29 is 19.1 Å². The van der Waals surface area contributed by atoms with Gasteiger partial charge in [-0.15, -0.1) is 0 Å². The van der Waals surface area contributed by atoms with E-state index >= 15 is 0 Å². The average molecular weight is 491 g/mol. The molecular formula is C20H15BrN2O4S2. The van der Waals surface area contributed by atoms with Crippen LogP contribution in [0.1, 0.15) is 12.0 Å². The fraction of sp³-hybridized carbons (Fsp3) is 0.150. The van der Waals surface area contributed by atoms with E-state index in [1.54, 1.807) is 18.2 Å². The molecule has 0 aromatic heterocycles. The van der Waals surface area contributed by atoms with E-state index in [0.717, 1.165) is 10.0 Å². The first kappa shape index (κ1) is 19.9. The van der Waals surface area contributed by atoms with Crippen molar-refractivity contribution >= 4 is 67.8 Å². The standard InChI is InChI=1S/C20H15BrN2O4S2/c21-13-2-1-3-14(10-13)22-18(24)6-7-23-19(25)17(29-20(23)28)9-12-4-5-15-16(8-12)27-11-26-15/h1-5,8-10H,6-7,11H2,(H,22,24). The normalized spacial score (nSPS) is 16.6. The molecule has 0 aliphatic carbocycles. The molecule has 4 rings (SSSR count). The van der Waals surface area contributed by atoms with Crippen molar-refractivity contribution in [3.63, 3.8) is 0 Å². The second-order valence-corrected chi connectivity index (χ2v) is 8.85. The fourth-order valence-corrected chi connectivity index (χ4v) is 4.56. The molecule has 2 aliphatic heterocycles. The van der Waals surface area contributed by atoms with Gasteiger partial charge >= 0.3 is 0 Å².